The Morgan fingerprint density at radius 2 is 1.90 bits per heavy atom. The Morgan fingerprint density at radius 1 is 1.16 bits per heavy atom. The van der Waals surface area contributed by atoms with Gasteiger partial charge in [-0.1, -0.05) is 42.5 Å². The third-order valence-corrected chi connectivity index (χ3v) is 6.82. The van der Waals surface area contributed by atoms with Gasteiger partial charge in [0, 0.05) is 9.75 Å². The summed E-state index contributed by atoms with van der Waals surface area (Å²) in [4.78, 5) is 34.7. The Kier molecular flexibility index (Phi) is 4.95. The van der Waals surface area contributed by atoms with Crippen LogP contribution in [0.5, 0.6) is 0 Å². The zero-order valence-corrected chi connectivity index (χ0v) is 17.5. The molecule has 0 spiro atoms. The van der Waals surface area contributed by atoms with E-state index in [1.807, 2.05) is 36.4 Å². The van der Waals surface area contributed by atoms with Crippen LogP contribution in [0.1, 0.15) is 28.1 Å². The molecule has 2 atom stereocenters. The molecule has 2 amide bonds. The number of rotatable bonds is 5. The van der Waals surface area contributed by atoms with E-state index in [2.05, 4.69) is 0 Å². The minimum atomic E-state index is -0.826. The van der Waals surface area contributed by atoms with Gasteiger partial charge in [-0.3, -0.25) is 4.84 Å². The zero-order valence-electron chi connectivity index (χ0n) is 16.7. The van der Waals surface area contributed by atoms with Crippen LogP contribution >= 0.6 is 11.3 Å². The highest BCUT2D eigenvalue weighted by Gasteiger charge is 2.52. The molecule has 6 nitrogen and oxygen atoms in total. The maximum Gasteiger partial charge on any atom is 0.345 e. The van der Waals surface area contributed by atoms with Crippen molar-refractivity contribution in [2.75, 3.05) is 13.7 Å². The Bertz CT molecular complexity index is 1130. The quantitative estimate of drug-likeness (QED) is 0.542. The zero-order chi connectivity index (χ0) is 21.5. The number of hydroxylamine groups is 2. The largest absolute Gasteiger partial charge is 0.467 e. The molecule has 8 heteroatoms. The molecule has 158 valence electrons. The van der Waals surface area contributed by atoms with Gasteiger partial charge >= 0.3 is 12.0 Å². The monoisotopic (exact) mass is 438 g/mol. The number of carbonyl (C=O) groups excluding carboxylic acids is 2. The molecule has 31 heavy (non-hydrogen) atoms. The van der Waals surface area contributed by atoms with Crippen molar-refractivity contribution in [1.82, 2.24) is 9.96 Å². The summed E-state index contributed by atoms with van der Waals surface area (Å²) in [5.41, 5.74) is 2.64. The third-order valence-electron chi connectivity index (χ3n) is 5.56. The highest BCUT2D eigenvalue weighted by molar-refractivity contribution is 7.15. The standard InChI is InChI=1S/C23H19FN2O4S/c1-29-22(27)20-21-17(11-19(31-21)15-7-9-16(24)10-8-15)18-12-25(20)23(28)26(18)30-13-14-5-3-2-4-6-14/h2-11,18,20H,12-13H2,1H3/t18-,20+/m1/s1. The first-order chi connectivity index (χ1) is 15.1. The molecular formula is C23H19FN2O4S. The summed E-state index contributed by atoms with van der Waals surface area (Å²) < 4.78 is 18.4. The van der Waals surface area contributed by atoms with Gasteiger partial charge in [-0.15, -0.1) is 11.3 Å². The molecule has 3 aromatic rings. The van der Waals surface area contributed by atoms with Crippen LogP contribution in [0, 0.1) is 5.82 Å². The molecule has 2 aliphatic heterocycles. The maximum atomic E-state index is 13.4. The number of thiophene rings is 1. The van der Waals surface area contributed by atoms with Crippen LogP contribution in [-0.2, 0) is 21.0 Å². The van der Waals surface area contributed by atoms with Gasteiger partial charge in [0.25, 0.3) is 0 Å². The smallest absolute Gasteiger partial charge is 0.345 e. The Labute approximate surface area is 182 Å². The number of amides is 2. The Hall–Kier alpha value is -3.23. The first-order valence-electron chi connectivity index (χ1n) is 9.81. The van der Waals surface area contributed by atoms with Gasteiger partial charge in [-0.2, -0.15) is 5.06 Å². The van der Waals surface area contributed by atoms with Crippen LogP contribution < -0.4 is 0 Å². The van der Waals surface area contributed by atoms with Gasteiger partial charge in [0.2, 0.25) is 0 Å². The lowest BCUT2D eigenvalue weighted by Crippen LogP contribution is -2.38. The first-order valence-corrected chi connectivity index (χ1v) is 10.6. The summed E-state index contributed by atoms with van der Waals surface area (Å²) in [6.45, 7) is 0.573. The molecule has 0 aliphatic carbocycles. The van der Waals surface area contributed by atoms with E-state index < -0.39 is 12.0 Å². The summed E-state index contributed by atoms with van der Waals surface area (Å²) in [6.07, 6.45) is 0. The molecule has 2 bridgehead atoms. The molecular weight excluding hydrogens is 419 g/mol. The second kappa shape index (κ2) is 7.79. The number of esters is 1. The summed E-state index contributed by atoms with van der Waals surface area (Å²) in [7, 11) is 1.31. The van der Waals surface area contributed by atoms with E-state index in [0.29, 0.717) is 6.54 Å². The minimum Gasteiger partial charge on any atom is -0.467 e. The number of benzene rings is 2. The molecule has 5 rings (SSSR count). The number of hydrogen-bond acceptors (Lipinski definition) is 5. The van der Waals surface area contributed by atoms with Crippen LogP contribution in [0.15, 0.2) is 60.7 Å². The van der Waals surface area contributed by atoms with Crippen LogP contribution in [0.2, 0.25) is 0 Å². The van der Waals surface area contributed by atoms with E-state index >= 15 is 0 Å². The van der Waals surface area contributed by atoms with Gasteiger partial charge in [0.15, 0.2) is 6.04 Å². The molecule has 0 radical (unpaired) electrons. The Morgan fingerprint density at radius 3 is 2.61 bits per heavy atom. The van der Waals surface area contributed by atoms with Crippen LogP contribution in [-0.4, -0.2) is 35.6 Å². The molecule has 0 saturated carbocycles. The predicted molar refractivity (Wildman–Crippen MR) is 112 cm³/mol. The van der Waals surface area contributed by atoms with E-state index in [-0.39, 0.29) is 24.5 Å². The predicted octanol–water partition coefficient (Wildman–Crippen LogP) is 4.69. The summed E-state index contributed by atoms with van der Waals surface area (Å²) >= 11 is 1.41. The van der Waals surface area contributed by atoms with Crippen molar-refractivity contribution in [2.24, 2.45) is 0 Å². The fraction of sp³-hybridized carbons (Fsp3) is 0.217. The summed E-state index contributed by atoms with van der Waals surface area (Å²) in [6, 6.07) is 16.2. The number of nitrogens with zero attached hydrogens (tertiary/aromatic N) is 2. The number of halogens is 1. The van der Waals surface area contributed by atoms with Crippen molar-refractivity contribution >= 4 is 23.3 Å². The van der Waals surface area contributed by atoms with Crippen LogP contribution in [0.25, 0.3) is 10.4 Å². The topological polar surface area (TPSA) is 59.1 Å². The van der Waals surface area contributed by atoms with Gasteiger partial charge in [0.05, 0.1) is 13.7 Å². The van der Waals surface area contributed by atoms with E-state index in [1.54, 1.807) is 12.1 Å². The lowest BCUT2D eigenvalue weighted by atomic mass is 9.98. The van der Waals surface area contributed by atoms with E-state index in [0.717, 1.165) is 26.4 Å². The number of hydrogen-bond donors (Lipinski definition) is 0. The van der Waals surface area contributed by atoms with Crippen LogP contribution in [0.3, 0.4) is 0 Å². The second-order valence-electron chi connectivity index (χ2n) is 7.40. The number of fused-ring (bicyclic) bond motifs is 4. The average molecular weight is 438 g/mol. The molecule has 1 fully saturated rings. The SMILES string of the molecule is COC(=O)[C@@H]1c2sc(-c3ccc(F)cc3)cc2[C@H]2CN1C(=O)N2OCc1ccccc1. The normalized spacial score (nSPS) is 19.5. The number of methoxy groups -OCH3 is 1. The van der Waals surface area contributed by atoms with Gasteiger partial charge in [-0.25, -0.2) is 14.0 Å². The molecule has 1 aromatic heterocycles. The van der Waals surface area contributed by atoms with Gasteiger partial charge in [0.1, 0.15) is 18.5 Å². The van der Waals surface area contributed by atoms with E-state index in [4.69, 9.17) is 9.57 Å². The van der Waals surface area contributed by atoms with Gasteiger partial charge in [-0.05, 0) is 34.9 Å². The van der Waals surface area contributed by atoms with E-state index in [9.17, 15) is 14.0 Å². The summed E-state index contributed by atoms with van der Waals surface area (Å²) in [5, 5.41) is 1.36. The van der Waals surface area contributed by atoms with Gasteiger partial charge < -0.3 is 9.64 Å². The van der Waals surface area contributed by atoms with Crippen molar-refractivity contribution in [2.45, 2.75) is 18.7 Å². The average Bonchev–Trinajstić information content (AvgIpc) is 3.35. The highest BCUT2D eigenvalue weighted by atomic mass is 32.1. The summed E-state index contributed by atoms with van der Waals surface area (Å²) in [5.74, 6) is -0.806. The molecule has 0 unspecified atom stereocenters. The van der Waals surface area contributed by atoms with Crippen molar-refractivity contribution in [3.63, 3.8) is 0 Å². The fourth-order valence-corrected chi connectivity index (χ4v) is 5.36. The maximum absolute atomic E-state index is 13.4. The lowest BCUT2D eigenvalue weighted by molar-refractivity contribution is -0.146. The van der Waals surface area contributed by atoms with Crippen molar-refractivity contribution in [3.8, 4) is 10.4 Å². The third kappa shape index (κ3) is 3.37. The van der Waals surface area contributed by atoms with Crippen molar-refractivity contribution in [1.29, 1.82) is 0 Å². The van der Waals surface area contributed by atoms with E-state index in [1.165, 1.54) is 40.5 Å². The first kappa shape index (κ1) is 19.7. The fourth-order valence-electron chi connectivity index (χ4n) is 4.04. The van der Waals surface area contributed by atoms with Crippen molar-refractivity contribution < 1.29 is 23.6 Å². The number of ether oxygens (including phenoxy) is 1. The number of urea groups is 1. The minimum absolute atomic E-state index is 0.240. The molecule has 3 heterocycles. The second-order valence-corrected chi connectivity index (χ2v) is 8.48. The highest BCUT2D eigenvalue weighted by Crippen LogP contribution is 2.49. The molecule has 1 saturated heterocycles. The number of carbonyl (C=O) groups is 2. The van der Waals surface area contributed by atoms with Crippen molar-refractivity contribution in [3.05, 3.63) is 82.5 Å². The molecule has 2 aliphatic rings. The molecule has 0 N–H and O–H groups in total. The molecule has 2 aromatic carbocycles. The lowest BCUT2D eigenvalue weighted by Gasteiger charge is -2.28. The van der Waals surface area contributed by atoms with Crippen LogP contribution in [0.4, 0.5) is 9.18 Å². The Balaban J connectivity index is 1.51.